The molecule has 0 bridgehead atoms. The number of aliphatic hydroxyl groups excluding tert-OH is 1. The van der Waals surface area contributed by atoms with Gasteiger partial charge in [-0.3, -0.25) is 14.6 Å². The van der Waals surface area contributed by atoms with Crippen molar-refractivity contribution in [3.8, 4) is 0 Å². The van der Waals surface area contributed by atoms with Crippen molar-refractivity contribution in [2.24, 2.45) is 16.0 Å². The molecule has 2 fully saturated rings. The molecule has 2 N–H and O–H groups in total. The lowest BCUT2D eigenvalue weighted by atomic mass is 10.0. The number of piperidine rings is 1. The highest BCUT2D eigenvalue weighted by Crippen LogP contribution is 2.29. The van der Waals surface area contributed by atoms with Crippen molar-refractivity contribution in [3.05, 3.63) is 18.0 Å². The van der Waals surface area contributed by atoms with Gasteiger partial charge in [-0.15, -0.1) is 0 Å². The third-order valence-electron chi connectivity index (χ3n) is 6.50. The summed E-state index contributed by atoms with van der Waals surface area (Å²) in [6.07, 6.45) is -5.73. The van der Waals surface area contributed by atoms with Crippen molar-refractivity contribution in [2.75, 3.05) is 31.1 Å². The standard InChI is InChI=1S/C22H26F5N7O4/c1-11(31-13-8-30-32-19(36)17(13)22(25,26)27)10-38-16-3-5-34(20(16)37)14-2-4-33(9-15(14)35)21-28-6-12(7-29-21)18(23)24/h6-8,11,14-18,35H,2-5,9-10H2,1H3,(H,32,36)/t11-,14+,15+,16+,17?/m0/s1. The highest BCUT2D eigenvalue weighted by molar-refractivity contribution is 6.37. The summed E-state index contributed by atoms with van der Waals surface area (Å²) in [6, 6.07) is -1.30. The van der Waals surface area contributed by atoms with Crippen LogP contribution in [0.15, 0.2) is 22.5 Å². The molecule has 0 spiro atoms. The fraction of sp³-hybridized carbons (Fsp3) is 0.636. The van der Waals surface area contributed by atoms with E-state index in [0.29, 0.717) is 25.9 Å². The largest absolute Gasteiger partial charge is 0.406 e. The van der Waals surface area contributed by atoms with Crippen molar-refractivity contribution < 1.29 is 41.4 Å². The number of aliphatic imine (C=N–C) groups is 1. The first-order chi connectivity index (χ1) is 18.0. The first-order valence-electron chi connectivity index (χ1n) is 11.9. The van der Waals surface area contributed by atoms with Gasteiger partial charge >= 0.3 is 6.18 Å². The molecule has 0 saturated carbocycles. The molecule has 0 radical (unpaired) electrons. The summed E-state index contributed by atoms with van der Waals surface area (Å²) in [5.41, 5.74) is 0.921. The predicted octanol–water partition coefficient (Wildman–Crippen LogP) is 1.09. The average Bonchev–Trinajstić information content (AvgIpc) is 3.21. The van der Waals surface area contributed by atoms with Crippen molar-refractivity contribution in [1.29, 1.82) is 0 Å². The number of amides is 2. The summed E-state index contributed by atoms with van der Waals surface area (Å²) in [5.74, 6) is -3.92. The smallest absolute Gasteiger partial charge is 0.389 e. The highest BCUT2D eigenvalue weighted by Gasteiger charge is 2.49. The molecule has 2 saturated heterocycles. The number of ether oxygens (including phenoxy) is 1. The number of carbonyl (C=O) groups excluding carboxylic acids is 2. The van der Waals surface area contributed by atoms with E-state index >= 15 is 0 Å². The van der Waals surface area contributed by atoms with Gasteiger partial charge in [-0.05, 0) is 13.3 Å². The van der Waals surface area contributed by atoms with E-state index in [4.69, 9.17) is 4.74 Å². The van der Waals surface area contributed by atoms with Gasteiger partial charge in [0.1, 0.15) is 6.10 Å². The van der Waals surface area contributed by atoms with Crippen LogP contribution in [0.2, 0.25) is 0 Å². The Morgan fingerprint density at radius 1 is 1.21 bits per heavy atom. The minimum absolute atomic E-state index is 0.0953. The van der Waals surface area contributed by atoms with E-state index < -0.39 is 54.4 Å². The van der Waals surface area contributed by atoms with Crippen LogP contribution in [0.3, 0.4) is 0 Å². The van der Waals surface area contributed by atoms with Crippen LogP contribution < -0.4 is 10.3 Å². The number of hydrazone groups is 1. The highest BCUT2D eigenvalue weighted by atomic mass is 19.4. The first-order valence-corrected chi connectivity index (χ1v) is 11.9. The zero-order valence-corrected chi connectivity index (χ0v) is 20.2. The quantitative estimate of drug-likeness (QED) is 0.489. The molecule has 3 aliphatic heterocycles. The molecule has 1 aromatic rings. The van der Waals surface area contributed by atoms with Crippen LogP contribution in [0, 0.1) is 5.92 Å². The van der Waals surface area contributed by atoms with E-state index in [0.717, 1.165) is 18.6 Å². The Morgan fingerprint density at radius 2 is 1.92 bits per heavy atom. The maximum Gasteiger partial charge on any atom is 0.406 e. The second-order valence-corrected chi connectivity index (χ2v) is 9.24. The van der Waals surface area contributed by atoms with Gasteiger partial charge in [0.05, 0.1) is 42.3 Å². The van der Waals surface area contributed by atoms with Gasteiger partial charge in [0.2, 0.25) is 5.95 Å². The molecule has 5 atom stereocenters. The number of nitrogens with one attached hydrogen (secondary N) is 1. The number of likely N-dealkylation sites (tertiary alicyclic amines) is 1. The van der Waals surface area contributed by atoms with Gasteiger partial charge in [0.25, 0.3) is 18.2 Å². The van der Waals surface area contributed by atoms with Gasteiger partial charge in [0, 0.05) is 38.4 Å². The Morgan fingerprint density at radius 3 is 2.55 bits per heavy atom. The molecule has 4 heterocycles. The zero-order chi connectivity index (χ0) is 27.6. The Hall–Kier alpha value is -3.27. The van der Waals surface area contributed by atoms with Gasteiger partial charge < -0.3 is 19.6 Å². The number of carbonyl (C=O) groups is 2. The van der Waals surface area contributed by atoms with Crippen LogP contribution in [0.25, 0.3) is 0 Å². The van der Waals surface area contributed by atoms with Gasteiger partial charge in [0.15, 0.2) is 5.92 Å². The molecule has 11 nitrogen and oxygen atoms in total. The van der Waals surface area contributed by atoms with Crippen LogP contribution in [0.5, 0.6) is 0 Å². The number of nitrogens with zero attached hydrogens (tertiary/aromatic N) is 6. The number of rotatable bonds is 7. The van der Waals surface area contributed by atoms with Crippen molar-refractivity contribution in [2.45, 2.75) is 56.7 Å². The first kappa shape index (κ1) is 27.8. The summed E-state index contributed by atoms with van der Waals surface area (Å²) in [6.45, 7) is 2.12. The lowest BCUT2D eigenvalue weighted by Crippen LogP contribution is -2.55. The average molecular weight is 547 g/mol. The molecule has 1 aromatic heterocycles. The number of halogens is 5. The van der Waals surface area contributed by atoms with Crippen LogP contribution in [-0.2, 0) is 14.3 Å². The van der Waals surface area contributed by atoms with E-state index in [1.54, 1.807) is 10.3 Å². The summed E-state index contributed by atoms with van der Waals surface area (Å²) in [5, 5.41) is 14.1. The van der Waals surface area contributed by atoms with E-state index in [1.165, 1.54) is 11.8 Å². The molecule has 3 aliphatic rings. The zero-order valence-electron chi connectivity index (χ0n) is 20.2. The normalized spacial score (nSPS) is 28.4. The molecule has 4 rings (SSSR count). The summed E-state index contributed by atoms with van der Waals surface area (Å²) >= 11 is 0. The maximum atomic E-state index is 13.2. The fourth-order valence-electron chi connectivity index (χ4n) is 4.64. The molecule has 0 aliphatic carbocycles. The lowest BCUT2D eigenvalue weighted by Gasteiger charge is -2.40. The predicted molar refractivity (Wildman–Crippen MR) is 123 cm³/mol. The molecule has 38 heavy (non-hydrogen) atoms. The van der Waals surface area contributed by atoms with Crippen LogP contribution in [0.4, 0.5) is 27.9 Å². The topological polar surface area (TPSA) is 133 Å². The Balaban J connectivity index is 1.31. The minimum Gasteiger partial charge on any atom is -0.389 e. The second-order valence-electron chi connectivity index (χ2n) is 9.24. The molecular formula is C22H26F5N7O4. The van der Waals surface area contributed by atoms with Crippen molar-refractivity contribution in [3.63, 3.8) is 0 Å². The van der Waals surface area contributed by atoms with Crippen LogP contribution >= 0.6 is 0 Å². The van der Waals surface area contributed by atoms with Gasteiger partial charge in [-0.25, -0.2) is 24.2 Å². The number of β-amino-alcohol motifs (C(OH)–C–C–N with tert-alkyl or cyclic N) is 1. The molecule has 0 aromatic carbocycles. The van der Waals surface area contributed by atoms with E-state index in [1.807, 2.05) is 0 Å². The Bertz CT molecular complexity index is 1080. The molecule has 1 unspecified atom stereocenters. The van der Waals surface area contributed by atoms with E-state index in [2.05, 4.69) is 20.1 Å². The number of anilines is 1. The Labute approximate surface area is 213 Å². The van der Waals surface area contributed by atoms with Crippen molar-refractivity contribution in [1.82, 2.24) is 20.3 Å². The van der Waals surface area contributed by atoms with Crippen LogP contribution in [-0.4, -0.2) is 100 Å². The number of hydrogen-bond acceptors (Lipinski definition) is 9. The number of aromatic nitrogens is 2. The fourth-order valence-corrected chi connectivity index (χ4v) is 4.64. The minimum atomic E-state index is -4.84. The molecule has 208 valence electrons. The number of aliphatic hydroxyl groups is 1. The SMILES string of the molecule is C[C@@H](CO[C@@H]1CCN([C@@H]2CCN(c3ncc(C(F)F)cn3)C[C@H]2O)C1=O)N=C1C=NNC(=O)C1C(F)(F)F. The lowest BCUT2D eigenvalue weighted by molar-refractivity contribution is -0.168. The third kappa shape index (κ3) is 6.06. The van der Waals surface area contributed by atoms with Gasteiger partial charge in [-0.2, -0.15) is 18.3 Å². The van der Waals surface area contributed by atoms with Gasteiger partial charge in [-0.1, -0.05) is 0 Å². The van der Waals surface area contributed by atoms with Crippen LogP contribution in [0.1, 0.15) is 31.8 Å². The summed E-state index contributed by atoms with van der Waals surface area (Å²) in [7, 11) is 0. The maximum absolute atomic E-state index is 13.2. The monoisotopic (exact) mass is 547 g/mol. The van der Waals surface area contributed by atoms with E-state index in [9.17, 15) is 36.6 Å². The molecule has 2 amide bonds. The number of alkyl halides is 5. The summed E-state index contributed by atoms with van der Waals surface area (Å²) in [4.78, 5) is 39.5. The van der Waals surface area contributed by atoms with Crippen molar-refractivity contribution >= 4 is 29.7 Å². The third-order valence-corrected chi connectivity index (χ3v) is 6.50. The summed E-state index contributed by atoms with van der Waals surface area (Å²) < 4.78 is 70.8. The molecular weight excluding hydrogens is 521 g/mol. The second kappa shape index (κ2) is 11.2. The molecule has 16 heteroatoms. The number of hydrogen-bond donors (Lipinski definition) is 2. The van der Waals surface area contributed by atoms with E-state index in [-0.39, 0.29) is 30.6 Å². The Kier molecular flexibility index (Phi) is 8.20.